The van der Waals surface area contributed by atoms with E-state index in [1.807, 2.05) is 58.9 Å². The van der Waals surface area contributed by atoms with Gasteiger partial charge in [0.15, 0.2) is 31.0 Å². The fourth-order valence-corrected chi connectivity index (χ4v) is 11.7. The van der Waals surface area contributed by atoms with E-state index in [-0.39, 0.29) is 0 Å². The molecule has 0 N–H and O–H groups in total. The second kappa shape index (κ2) is 29.7. The Hall–Kier alpha value is -8.15. The first-order valence-electron chi connectivity index (χ1n) is 39.8. The van der Waals surface area contributed by atoms with Crippen molar-refractivity contribution in [3.63, 3.8) is 0 Å². The molecular formula is C85H110N5+5. The molecule has 0 spiro atoms. The number of pyridine rings is 5. The van der Waals surface area contributed by atoms with Crippen molar-refractivity contribution < 1.29 is 47.5 Å². The van der Waals surface area contributed by atoms with Crippen molar-refractivity contribution >= 4 is 0 Å². The number of hydrogen-bond acceptors (Lipinski definition) is 0. The molecule has 0 unspecified atom stereocenters. The number of aryl methyl sites for hydroxylation is 28. The summed E-state index contributed by atoms with van der Waals surface area (Å²) in [7, 11) is 9.66. The van der Waals surface area contributed by atoms with Gasteiger partial charge in [-0.15, -0.1) is 0 Å². The Labute approximate surface area is 570 Å². The molecular weight excluding hydrogens is 1090 g/mol. The van der Waals surface area contributed by atoms with Gasteiger partial charge in [-0.3, -0.25) is 0 Å². The molecule has 470 valence electrons. The van der Waals surface area contributed by atoms with Crippen LogP contribution in [0.5, 0.6) is 0 Å². The highest BCUT2D eigenvalue weighted by Crippen LogP contribution is 2.31. The normalized spacial score (nSPS) is 14.6. The molecule has 5 nitrogen and oxygen atoms in total. The van der Waals surface area contributed by atoms with Crippen LogP contribution in [0.4, 0.5) is 0 Å². The second-order valence-electron chi connectivity index (χ2n) is 25.3. The summed E-state index contributed by atoms with van der Waals surface area (Å²) in [6.07, 6.45) is 9.31. The van der Waals surface area contributed by atoms with Crippen LogP contribution >= 0.6 is 0 Å². The summed E-state index contributed by atoms with van der Waals surface area (Å²) in [6, 6.07) is 29.6. The molecule has 0 aliphatic carbocycles. The monoisotopic (exact) mass is 1220 g/mol. The molecule has 0 radical (unpaired) electrons. The fraction of sp³-hybridized carbons (Fsp3) is 0.353. The molecule has 90 heavy (non-hydrogen) atoms. The van der Waals surface area contributed by atoms with Gasteiger partial charge in [-0.1, -0.05) is 53.6 Å². The lowest BCUT2D eigenvalue weighted by molar-refractivity contribution is -0.660. The molecule has 0 saturated heterocycles. The molecule has 5 aromatic carbocycles. The Kier molecular flexibility index (Phi) is 16.0. The van der Waals surface area contributed by atoms with Crippen LogP contribution in [0.15, 0.2) is 122 Å². The van der Waals surface area contributed by atoms with Gasteiger partial charge in [0.1, 0.15) is 35.2 Å². The maximum absolute atomic E-state index is 7.62. The summed E-state index contributed by atoms with van der Waals surface area (Å²) in [5, 5.41) is 0. The van der Waals surface area contributed by atoms with Crippen LogP contribution in [0, 0.1) is 173 Å². The lowest BCUT2D eigenvalue weighted by Gasteiger charge is -2.11. The quantitative estimate of drug-likeness (QED) is 0.153. The maximum Gasteiger partial charge on any atom is 0.213 e. The molecule has 5 aromatic heterocycles. The van der Waals surface area contributed by atoms with Crippen molar-refractivity contribution in [1.82, 2.24) is 0 Å². The van der Waals surface area contributed by atoms with Crippen LogP contribution in [0.3, 0.4) is 0 Å². The Morgan fingerprint density at radius 2 is 0.500 bits per heavy atom. The van der Waals surface area contributed by atoms with Gasteiger partial charge in [0.2, 0.25) is 28.5 Å². The molecule has 0 bridgehead atoms. The summed E-state index contributed by atoms with van der Waals surface area (Å²) in [5.74, 6) is 0. The molecule has 10 rings (SSSR count). The van der Waals surface area contributed by atoms with Crippen molar-refractivity contribution in [1.29, 1.82) is 0 Å². The second-order valence-corrected chi connectivity index (χ2v) is 25.3. The zero-order valence-electron chi connectivity index (χ0n) is 76.3. The van der Waals surface area contributed by atoms with Crippen LogP contribution in [0.1, 0.15) is 164 Å². The van der Waals surface area contributed by atoms with E-state index in [9.17, 15) is 0 Å². The summed E-state index contributed by atoms with van der Waals surface area (Å²) < 4.78 is 147. The van der Waals surface area contributed by atoms with Crippen molar-refractivity contribution in [2.24, 2.45) is 35.2 Å². The molecule has 10 aromatic rings. The predicted molar refractivity (Wildman–Crippen MR) is 384 cm³/mol. The first-order valence-corrected chi connectivity index (χ1v) is 30.8. The molecule has 0 amide bonds. The molecule has 5 heteroatoms. The van der Waals surface area contributed by atoms with E-state index in [4.69, 9.17) is 24.7 Å². The minimum absolute atomic E-state index is 0.319. The highest BCUT2D eigenvalue weighted by molar-refractivity contribution is 5.69. The number of hydrogen-bond donors (Lipinski definition) is 0. The van der Waals surface area contributed by atoms with Crippen molar-refractivity contribution in [2.45, 2.75) is 173 Å². The third-order valence-corrected chi connectivity index (χ3v) is 17.7. The van der Waals surface area contributed by atoms with Crippen molar-refractivity contribution in [3.05, 3.63) is 261 Å². The van der Waals surface area contributed by atoms with E-state index in [2.05, 4.69) is 141 Å². The highest BCUT2D eigenvalue weighted by Gasteiger charge is 2.21. The number of nitrogens with zero attached hydrogens (tertiary/aromatic N) is 5. The van der Waals surface area contributed by atoms with E-state index in [0.717, 1.165) is 61.6 Å². The molecule has 0 atom stereocenters. The topological polar surface area (TPSA) is 19.4 Å². The standard InChI is InChI=1S/5C17H22N/c2*1-11-7-14(4)16(8-12(11)2)17-9-13(3)15(5)10-18(17)6;2*1-11-7-13(3)17(14(4)8-11)16-9-12(2)15(5)10-18(16)6;1-11-7-8-16(15(5)14(11)4)17-9-12(2)13(3)10-18(17)6/h5*7-10H,1-6H3/q5*+1/i1D3,5D3;;1D3,5D3;;1D3,3D3. The Balaban J connectivity index is 0.000000212. The third kappa shape index (κ3) is 16.6. The van der Waals surface area contributed by atoms with E-state index < -0.39 is 41.1 Å². The van der Waals surface area contributed by atoms with Crippen LogP contribution in [0.2, 0.25) is 0 Å². The highest BCUT2D eigenvalue weighted by atomic mass is 14.9. The van der Waals surface area contributed by atoms with E-state index in [1.54, 1.807) is 111 Å². The lowest BCUT2D eigenvalue weighted by atomic mass is 9.95. The predicted octanol–water partition coefficient (Wildman–Crippen LogP) is 18.6. The Morgan fingerprint density at radius 1 is 0.211 bits per heavy atom. The largest absolute Gasteiger partial charge is 0.213 e. The first-order chi connectivity index (χ1) is 49.3. The lowest BCUT2D eigenvalue weighted by Crippen LogP contribution is -2.31. The molecule has 0 fully saturated rings. The molecule has 0 saturated carbocycles. The smallest absolute Gasteiger partial charge is 0.201 e. The maximum atomic E-state index is 7.62. The molecule has 5 heterocycles. The first kappa shape index (κ1) is 48.7. The van der Waals surface area contributed by atoms with Crippen LogP contribution in [-0.2, 0) is 35.2 Å². The van der Waals surface area contributed by atoms with E-state index in [0.29, 0.717) is 55.6 Å². The Bertz CT molecular complexity index is 4760. The van der Waals surface area contributed by atoms with Crippen LogP contribution in [-0.4, -0.2) is 0 Å². The van der Waals surface area contributed by atoms with Crippen molar-refractivity contribution in [3.8, 4) is 56.3 Å². The molecule has 0 aliphatic rings. The minimum atomic E-state index is -2.16. The van der Waals surface area contributed by atoms with Gasteiger partial charge in [-0.05, 0) is 291 Å². The Morgan fingerprint density at radius 3 is 0.878 bits per heavy atom. The zero-order chi connectivity index (χ0) is 82.2. The zero-order valence-corrected chi connectivity index (χ0v) is 58.3. The average Bonchev–Trinajstić information content (AvgIpc) is 0.782. The van der Waals surface area contributed by atoms with E-state index >= 15 is 0 Å². The number of benzene rings is 5. The average molecular weight is 1220 g/mol. The minimum Gasteiger partial charge on any atom is -0.201 e. The summed E-state index contributed by atoms with van der Waals surface area (Å²) >= 11 is 0. The van der Waals surface area contributed by atoms with E-state index in [1.165, 1.54) is 78.1 Å². The van der Waals surface area contributed by atoms with Crippen LogP contribution < -0.4 is 22.8 Å². The summed E-state index contributed by atoms with van der Waals surface area (Å²) in [6.45, 7) is 25.3. The number of aromatic nitrogens is 5. The van der Waals surface area contributed by atoms with Gasteiger partial charge in [0.25, 0.3) is 0 Å². The van der Waals surface area contributed by atoms with Gasteiger partial charge in [-0.25, -0.2) is 22.8 Å². The SMILES string of the molecule is Cc1cc(C)c(-c2cc(C)c(C)c[n+]2C)c(C)c1.Cc1cc(C)c(-c2cc(C)c(C)c[n+]2C)cc1C.[2H]C([2H])([2H])c1c[n+](C)c(-c2ccc(C([2H])([2H])[2H])c(C)c2C)cc1C.[2H]C([2H])([2H])c1cc(C)c(-c2cc(C)c(C([2H])([2H])[2H])c[n+]2C)c(C)c1.[2H]C([2H])([2H])c1cc(C)c(-c2cc(C)c(C([2H])([2H])[2H])c[n+]2C)cc1C. The van der Waals surface area contributed by atoms with Crippen LogP contribution in [0.25, 0.3) is 56.3 Å². The van der Waals surface area contributed by atoms with Crippen molar-refractivity contribution in [2.75, 3.05) is 0 Å². The third-order valence-electron chi connectivity index (χ3n) is 17.7. The summed E-state index contributed by atoms with van der Waals surface area (Å²) in [5.41, 5.74) is 33.1. The van der Waals surface area contributed by atoms with Gasteiger partial charge < -0.3 is 0 Å². The fourth-order valence-electron chi connectivity index (χ4n) is 11.7. The molecule has 0 aliphatic heterocycles. The summed E-state index contributed by atoms with van der Waals surface area (Å²) in [4.78, 5) is 0. The van der Waals surface area contributed by atoms with Gasteiger partial charge >= 0.3 is 0 Å². The van der Waals surface area contributed by atoms with Gasteiger partial charge in [0.05, 0.1) is 11.1 Å². The van der Waals surface area contributed by atoms with Gasteiger partial charge in [-0.2, -0.15) is 0 Å². The van der Waals surface area contributed by atoms with Gasteiger partial charge in [0, 0.05) is 99.5 Å². The number of rotatable bonds is 5.